The zero-order valence-corrected chi connectivity index (χ0v) is 31.7. The van der Waals surface area contributed by atoms with E-state index in [4.69, 9.17) is 5.41 Å². The van der Waals surface area contributed by atoms with Gasteiger partial charge in [0.25, 0.3) is 0 Å². The second kappa shape index (κ2) is 12.0. The number of nitrogens with zero attached hydrogens (tertiary/aromatic N) is 1. The van der Waals surface area contributed by atoms with Gasteiger partial charge in [-0.15, -0.1) is 0 Å². The first-order valence-electron chi connectivity index (χ1n) is 19.2. The quantitative estimate of drug-likeness (QED) is 0.255. The minimum Gasteiger partial charge on any atom is -0.478 e. The third kappa shape index (κ3) is 5.43. The van der Waals surface area contributed by atoms with Crippen molar-refractivity contribution in [2.45, 2.75) is 105 Å². The molecule has 1 heterocycles. The molecule has 49 heavy (non-hydrogen) atoms. The largest absolute Gasteiger partial charge is 0.478 e. The Balaban J connectivity index is 1.15. The highest BCUT2D eigenvalue weighted by Crippen LogP contribution is 2.76. The number of sulfone groups is 1. The predicted molar refractivity (Wildman–Crippen MR) is 198 cm³/mol. The minimum absolute atomic E-state index is 0.00511. The van der Waals surface area contributed by atoms with Crippen LogP contribution in [0.4, 0.5) is 0 Å². The molecule has 0 aromatic heterocycles. The molecule has 8 heteroatoms. The number of carboxylic acids is 1. The monoisotopic (exact) mass is 691 g/mol. The molecule has 4 saturated carbocycles. The molecule has 9 atom stereocenters. The van der Waals surface area contributed by atoms with Gasteiger partial charge in [-0.2, -0.15) is 0 Å². The van der Waals surface area contributed by atoms with Gasteiger partial charge in [0.05, 0.1) is 17.1 Å². The van der Waals surface area contributed by atoms with Crippen LogP contribution in [-0.2, 0) is 9.84 Å². The van der Waals surface area contributed by atoms with E-state index in [1.807, 2.05) is 12.1 Å². The molecule has 0 radical (unpaired) electrons. The number of fused-ring (bicyclic) bond motifs is 7. The van der Waals surface area contributed by atoms with Crippen LogP contribution in [0.3, 0.4) is 0 Å². The molecule has 7 rings (SSSR count). The lowest BCUT2D eigenvalue weighted by Gasteiger charge is -2.72. The Kier molecular flexibility index (Phi) is 8.67. The molecular weight excluding hydrogens is 631 g/mol. The highest BCUT2D eigenvalue weighted by atomic mass is 32.2. The Bertz CT molecular complexity index is 1620. The van der Waals surface area contributed by atoms with E-state index in [0.29, 0.717) is 48.2 Å². The first-order valence-corrected chi connectivity index (χ1v) is 21.1. The zero-order chi connectivity index (χ0) is 35.2. The van der Waals surface area contributed by atoms with E-state index in [0.717, 1.165) is 43.6 Å². The smallest absolute Gasteiger partial charge is 0.335 e. The molecule has 1 aromatic carbocycles. The summed E-state index contributed by atoms with van der Waals surface area (Å²) in [7, 11) is -2.87. The summed E-state index contributed by atoms with van der Waals surface area (Å²) in [6, 6.07) is 7.54. The Labute approximate surface area is 295 Å². The number of hydrogen-bond acceptors (Lipinski definition) is 6. The molecule has 0 spiro atoms. The van der Waals surface area contributed by atoms with Crippen molar-refractivity contribution in [1.29, 1.82) is 5.41 Å². The standard InChI is InChI=1S/C41H61N3O4S/c1-27(42)30-13-18-41(43-21-22-44-23-25-49(47,48)26-24-44)20-19-39(5)32(35(30)41)11-12-34-38(4)16-14-31(28-7-9-29(10-8-28)36(45)46)37(2,3)33(38)15-17-40(34,39)6/h7-10,14,30,32-35,42-43H,11-13,15-26H2,1-6H3,(H,45,46)/t30-,32+,33-,34+,35+,38-,39+,40+,41-/m0/s1. The van der Waals surface area contributed by atoms with Crippen molar-refractivity contribution in [2.24, 2.45) is 51.2 Å². The zero-order valence-electron chi connectivity index (χ0n) is 30.9. The van der Waals surface area contributed by atoms with Gasteiger partial charge in [-0.3, -0.25) is 0 Å². The van der Waals surface area contributed by atoms with Crippen LogP contribution in [-0.4, -0.2) is 73.3 Å². The Hall–Kier alpha value is -2.03. The van der Waals surface area contributed by atoms with Gasteiger partial charge in [0, 0.05) is 43.3 Å². The summed E-state index contributed by atoms with van der Waals surface area (Å²) in [6.07, 6.45) is 13.2. The summed E-state index contributed by atoms with van der Waals surface area (Å²) < 4.78 is 24.0. The SMILES string of the molecule is CC(=N)[C@@H]1CC[C@]2(NCCN3CCS(=O)(=O)CC3)CC[C@]3(C)[C@H](CC[C@@H]4[C@@]5(C)CC=C(c6ccc(C(=O)O)cc6)C(C)(C)[C@@H]5CC[C@]43C)[C@@H]12. The van der Waals surface area contributed by atoms with Crippen LogP contribution in [0.2, 0.25) is 0 Å². The number of carboxylic acid groups (broad SMARTS) is 1. The molecule has 5 fully saturated rings. The highest BCUT2D eigenvalue weighted by molar-refractivity contribution is 7.91. The molecular formula is C41H61N3O4S. The number of nitrogens with one attached hydrogen (secondary N) is 2. The summed E-state index contributed by atoms with van der Waals surface area (Å²) >= 11 is 0. The van der Waals surface area contributed by atoms with E-state index in [1.165, 1.54) is 44.1 Å². The number of aromatic carboxylic acids is 1. The average Bonchev–Trinajstić information content (AvgIpc) is 3.42. The fourth-order valence-electron chi connectivity index (χ4n) is 13.7. The van der Waals surface area contributed by atoms with Crippen molar-refractivity contribution in [2.75, 3.05) is 37.7 Å². The van der Waals surface area contributed by atoms with Crippen molar-refractivity contribution >= 4 is 27.1 Å². The molecule has 0 bridgehead atoms. The van der Waals surface area contributed by atoms with Crippen LogP contribution in [0, 0.1) is 56.7 Å². The fraction of sp³-hybridized carbons (Fsp3) is 0.756. The normalized spacial score (nSPS) is 42.6. The number of benzene rings is 1. The van der Waals surface area contributed by atoms with E-state index in [1.54, 1.807) is 12.1 Å². The molecule has 270 valence electrons. The van der Waals surface area contributed by atoms with Gasteiger partial charge in [-0.25, -0.2) is 13.2 Å². The summed E-state index contributed by atoms with van der Waals surface area (Å²) in [5.41, 5.74) is 4.48. The summed E-state index contributed by atoms with van der Waals surface area (Å²) in [5, 5.41) is 22.6. The molecule has 6 aliphatic rings. The van der Waals surface area contributed by atoms with Gasteiger partial charge >= 0.3 is 5.97 Å². The summed E-state index contributed by atoms with van der Waals surface area (Å²) in [5.74, 6) is 2.32. The minimum atomic E-state index is -2.87. The lowest BCUT2D eigenvalue weighted by atomic mass is 9.33. The van der Waals surface area contributed by atoms with E-state index < -0.39 is 15.8 Å². The number of allylic oxidation sites excluding steroid dienone is 2. The summed E-state index contributed by atoms with van der Waals surface area (Å²) in [6.45, 7) is 18.0. The van der Waals surface area contributed by atoms with Crippen LogP contribution in [0.1, 0.15) is 115 Å². The van der Waals surface area contributed by atoms with Gasteiger partial charge in [-0.1, -0.05) is 52.8 Å². The van der Waals surface area contributed by atoms with E-state index in [2.05, 4.69) is 57.8 Å². The topological polar surface area (TPSA) is 111 Å². The Morgan fingerprint density at radius 3 is 2.27 bits per heavy atom. The third-order valence-corrected chi connectivity index (χ3v) is 18.0. The van der Waals surface area contributed by atoms with Crippen molar-refractivity contribution in [1.82, 2.24) is 10.2 Å². The van der Waals surface area contributed by atoms with Gasteiger partial charge in [0.1, 0.15) is 0 Å². The van der Waals surface area contributed by atoms with Crippen LogP contribution in [0.15, 0.2) is 30.3 Å². The van der Waals surface area contributed by atoms with Crippen LogP contribution < -0.4 is 5.32 Å². The molecule has 1 aliphatic heterocycles. The summed E-state index contributed by atoms with van der Waals surface area (Å²) in [4.78, 5) is 13.9. The third-order valence-electron chi connectivity index (χ3n) is 16.4. The van der Waals surface area contributed by atoms with E-state index >= 15 is 0 Å². The maximum atomic E-state index is 12.0. The van der Waals surface area contributed by atoms with Gasteiger partial charge in [0.2, 0.25) is 0 Å². The first-order chi connectivity index (χ1) is 23.0. The predicted octanol–water partition coefficient (Wildman–Crippen LogP) is 7.57. The van der Waals surface area contributed by atoms with Crippen LogP contribution in [0.25, 0.3) is 5.57 Å². The van der Waals surface area contributed by atoms with Crippen LogP contribution >= 0.6 is 0 Å². The fourth-order valence-corrected chi connectivity index (χ4v) is 15.0. The van der Waals surface area contributed by atoms with E-state index in [9.17, 15) is 18.3 Å². The van der Waals surface area contributed by atoms with Crippen molar-refractivity contribution in [3.63, 3.8) is 0 Å². The molecule has 0 unspecified atom stereocenters. The van der Waals surface area contributed by atoms with E-state index in [-0.39, 0.29) is 38.7 Å². The molecule has 0 amide bonds. The Morgan fingerprint density at radius 1 is 0.918 bits per heavy atom. The van der Waals surface area contributed by atoms with Crippen LogP contribution in [0.5, 0.6) is 0 Å². The number of carbonyl (C=O) groups is 1. The molecule has 1 saturated heterocycles. The lowest BCUT2D eigenvalue weighted by Crippen LogP contribution is -2.68. The maximum absolute atomic E-state index is 12.0. The maximum Gasteiger partial charge on any atom is 0.335 e. The molecule has 3 N–H and O–H groups in total. The van der Waals surface area contributed by atoms with Gasteiger partial charge < -0.3 is 20.7 Å². The van der Waals surface area contributed by atoms with Crippen molar-refractivity contribution in [3.8, 4) is 0 Å². The van der Waals surface area contributed by atoms with Gasteiger partial charge in [0.15, 0.2) is 9.84 Å². The second-order valence-electron chi connectivity index (χ2n) is 18.5. The number of rotatable bonds is 7. The second-order valence-corrected chi connectivity index (χ2v) is 20.8. The first kappa shape index (κ1) is 35.4. The average molecular weight is 692 g/mol. The van der Waals surface area contributed by atoms with Crippen molar-refractivity contribution < 1.29 is 18.3 Å². The molecule has 1 aromatic rings. The molecule has 5 aliphatic carbocycles. The van der Waals surface area contributed by atoms with Gasteiger partial charge in [-0.05, 0) is 133 Å². The number of hydrogen-bond donors (Lipinski definition) is 3. The highest BCUT2D eigenvalue weighted by Gasteiger charge is 2.70. The Morgan fingerprint density at radius 2 is 1.61 bits per heavy atom. The lowest BCUT2D eigenvalue weighted by molar-refractivity contribution is -0.218. The molecule has 7 nitrogen and oxygen atoms in total. The van der Waals surface area contributed by atoms with Crippen molar-refractivity contribution in [3.05, 3.63) is 41.5 Å².